The van der Waals surface area contributed by atoms with Gasteiger partial charge in [-0.25, -0.2) is 0 Å². The number of aromatic nitrogens is 1. The van der Waals surface area contributed by atoms with Gasteiger partial charge in [-0.2, -0.15) is 0 Å². The van der Waals surface area contributed by atoms with Crippen LogP contribution in [0.2, 0.25) is 10.0 Å². The van der Waals surface area contributed by atoms with Gasteiger partial charge < -0.3 is 4.57 Å². The second-order valence-corrected chi connectivity index (χ2v) is 9.52. The van der Waals surface area contributed by atoms with Crippen molar-refractivity contribution in [3.8, 4) is 5.69 Å². The molecule has 1 fully saturated rings. The van der Waals surface area contributed by atoms with Crippen molar-refractivity contribution in [1.29, 1.82) is 0 Å². The minimum atomic E-state index is -0.449. The summed E-state index contributed by atoms with van der Waals surface area (Å²) < 4.78 is 1.96. The highest BCUT2D eigenvalue weighted by Gasteiger charge is 2.40. The minimum absolute atomic E-state index is 0.0537. The first-order valence-electron chi connectivity index (χ1n) is 11.4. The summed E-state index contributed by atoms with van der Waals surface area (Å²) in [5.74, 6) is -0.847. The van der Waals surface area contributed by atoms with Crippen LogP contribution in [0.1, 0.15) is 18.9 Å². The van der Waals surface area contributed by atoms with Crippen molar-refractivity contribution in [3.05, 3.63) is 100 Å². The van der Waals surface area contributed by atoms with Gasteiger partial charge in [0.1, 0.15) is 5.57 Å². The van der Waals surface area contributed by atoms with Crippen LogP contribution in [0.15, 0.2) is 84.6 Å². The fraction of sp³-hybridized carbons (Fsp3) is 0.107. The molecular weight excluding hydrogens is 513 g/mol. The van der Waals surface area contributed by atoms with Crippen molar-refractivity contribution in [2.24, 2.45) is 0 Å². The zero-order chi connectivity index (χ0) is 25.4. The summed E-state index contributed by atoms with van der Waals surface area (Å²) in [6.45, 7) is 2.38. The molecule has 0 radical (unpaired) electrons. The van der Waals surface area contributed by atoms with E-state index in [1.54, 1.807) is 30.3 Å². The molecule has 0 N–H and O–H groups in total. The summed E-state index contributed by atoms with van der Waals surface area (Å²) in [4.78, 5) is 30.1. The molecule has 1 aliphatic heterocycles. The van der Waals surface area contributed by atoms with E-state index in [4.69, 9.17) is 35.4 Å². The van der Waals surface area contributed by atoms with Crippen LogP contribution in [0.4, 0.5) is 5.69 Å². The van der Waals surface area contributed by atoms with E-state index in [1.807, 2.05) is 66.2 Å². The minimum Gasteiger partial charge on any atom is -0.316 e. The average molecular weight is 534 g/mol. The van der Waals surface area contributed by atoms with E-state index in [0.29, 0.717) is 28.7 Å². The highest BCUT2D eigenvalue weighted by atomic mass is 35.5. The van der Waals surface area contributed by atoms with Crippen molar-refractivity contribution < 1.29 is 9.59 Å². The van der Waals surface area contributed by atoms with Crippen LogP contribution >= 0.6 is 35.4 Å². The number of para-hydroxylation sites is 2. The van der Waals surface area contributed by atoms with Crippen LogP contribution in [0.3, 0.4) is 0 Å². The smallest absolute Gasteiger partial charge is 0.270 e. The predicted molar refractivity (Wildman–Crippen MR) is 150 cm³/mol. The molecular formula is C28H21Cl2N3O2S. The molecule has 0 bridgehead atoms. The first-order valence-corrected chi connectivity index (χ1v) is 12.6. The highest BCUT2D eigenvalue weighted by Crippen LogP contribution is 2.32. The third-order valence-electron chi connectivity index (χ3n) is 6.02. The Labute approximate surface area is 224 Å². The van der Waals surface area contributed by atoms with E-state index < -0.39 is 11.8 Å². The lowest BCUT2D eigenvalue weighted by Gasteiger charge is -2.36. The molecule has 3 aromatic carbocycles. The van der Waals surface area contributed by atoms with Crippen LogP contribution in [-0.2, 0) is 9.59 Å². The number of fused-ring (bicyclic) bond motifs is 1. The van der Waals surface area contributed by atoms with E-state index in [2.05, 4.69) is 0 Å². The Morgan fingerprint density at radius 2 is 1.58 bits per heavy atom. The molecule has 0 aliphatic carbocycles. The number of thiocarbonyl (C=S) groups is 1. The molecule has 4 aromatic rings. The quantitative estimate of drug-likeness (QED) is 0.159. The fourth-order valence-corrected chi connectivity index (χ4v) is 4.98. The molecule has 8 heteroatoms. The van der Waals surface area contributed by atoms with Crippen LogP contribution < -0.4 is 4.90 Å². The van der Waals surface area contributed by atoms with Crippen molar-refractivity contribution in [1.82, 2.24) is 9.47 Å². The SMILES string of the molecule is CCCN1C(=O)/C(=C/c2cn(-c3ccc(Cl)c(Cl)c3)c3ccccc23)C(=O)N(c2ccccc2)C1=S. The molecule has 1 saturated heterocycles. The molecule has 5 nitrogen and oxygen atoms in total. The number of nitrogens with zero attached hydrogens (tertiary/aromatic N) is 3. The molecule has 2 heterocycles. The van der Waals surface area contributed by atoms with Crippen LogP contribution in [-0.4, -0.2) is 32.9 Å². The summed E-state index contributed by atoms with van der Waals surface area (Å²) in [5, 5.41) is 1.98. The molecule has 5 rings (SSSR count). The number of hydrogen-bond acceptors (Lipinski definition) is 3. The number of hydrogen-bond donors (Lipinski definition) is 0. The Hall–Kier alpha value is -3.45. The number of carbonyl (C=O) groups excluding carboxylic acids is 2. The molecule has 0 unspecified atom stereocenters. The molecule has 1 aromatic heterocycles. The Bertz CT molecular complexity index is 1550. The monoisotopic (exact) mass is 533 g/mol. The van der Waals surface area contributed by atoms with Crippen LogP contribution in [0.5, 0.6) is 0 Å². The number of halogens is 2. The predicted octanol–water partition coefficient (Wildman–Crippen LogP) is 6.89. The van der Waals surface area contributed by atoms with Gasteiger partial charge in [-0.1, -0.05) is 66.5 Å². The maximum Gasteiger partial charge on any atom is 0.270 e. The zero-order valence-corrected chi connectivity index (χ0v) is 21.6. The average Bonchev–Trinajstić information content (AvgIpc) is 3.25. The van der Waals surface area contributed by atoms with Gasteiger partial charge in [0.25, 0.3) is 11.8 Å². The van der Waals surface area contributed by atoms with Gasteiger partial charge in [0.05, 0.1) is 21.2 Å². The van der Waals surface area contributed by atoms with E-state index in [-0.39, 0.29) is 10.7 Å². The van der Waals surface area contributed by atoms with Crippen LogP contribution in [0.25, 0.3) is 22.7 Å². The Morgan fingerprint density at radius 3 is 2.31 bits per heavy atom. The number of benzene rings is 3. The lowest BCUT2D eigenvalue weighted by molar-refractivity contribution is -0.127. The number of carbonyl (C=O) groups is 2. The van der Waals surface area contributed by atoms with Gasteiger partial charge in [-0.05, 0) is 61.1 Å². The summed E-state index contributed by atoms with van der Waals surface area (Å²) in [6, 6.07) is 22.3. The molecule has 2 amide bonds. The van der Waals surface area contributed by atoms with Crippen LogP contribution in [0, 0.1) is 0 Å². The molecule has 0 spiro atoms. The molecule has 180 valence electrons. The standard InChI is InChI=1S/C28H21Cl2N3O2S/c1-2-14-31-26(34)22(27(35)33(28(31)36)19-8-4-3-5-9-19)15-18-17-32(25-11-7-6-10-21(18)25)20-12-13-23(29)24(30)16-20/h3-13,15-17H,2,14H2,1H3/b22-15-. The summed E-state index contributed by atoms with van der Waals surface area (Å²) in [5.41, 5.74) is 3.11. The zero-order valence-electron chi connectivity index (χ0n) is 19.3. The summed E-state index contributed by atoms with van der Waals surface area (Å²) >= 11 is 18.0. The number of anilines is 1. The van der Waals surface area contributed by atoms with Gasteiger partial charge in [0.15, 0.2) is 5.11 Å². The highest BCUT2D eigenvalue weighted by molar-refractivity contribution is 7.80. The van der Waals surface area contributed by atoms with Crippen molar-refractivity contribution in [3.63, 3.8) is 0 Å². The first kappa shape index (κ1) is 24.3. The molecule has 0 atom stereocenters. The van der Waals surface area contributed by atoms with Gasteiger partial charge in [-0.3, -0.25) is 19.4 Å². The third-order valence-corrected chi connectivity index (χ3v) is 7.16. The number of amides is 2. The van der Waals surface area contributed by atoms with Gasteiger partial charge in [0, 0.05) is 29.4 Å². The van der Waals surface area contributed by atoms with Gasteiger partial charge in [-0.15, -0.1) is 0 Å². The third kappa shape index (κ3) is 4.22. The molecule has 1 aliphatic rings. The topological polar surface area (TPSA) is 45.6 Å². The largest absolute Gasteiger partial charge is 0.316 e. The maximum absolute atomic E-state index is 13.7. The Kier molecular flexibility index (Phi) is 6.67. The van der Waals surface area contributed by atoms with E-state index in [1.165, 1.54) is 9.80 Å². The normalized spacial score (nSPS) is 15.4. The first-order chi connectivity index (χ1) is 17.4. The fourth-order valence-electron chi connectivity index (χ4n) is 4.33. The second kappa shape index (κ2) is 9.90. The van der Waals surface area contributed by atoms with Crippen molar-refractivity contribution in [2.45, 2.75) is 13.3 Å². The molecule has 36 heavy (non-hydrogen) atoms. The lowest BCUT2D eigenvalue weighted by atomic mass is 10.0. The number of rotatable bonds is 5. The second-order valence-electron chi connectivity index (χ2n) is 8.34. The molecule has 0 saturated carbocycles. The lowest BCUT2D eigenvalue weighted by Crippen LogP contribution is -2.56. The van der Waals surface area contributed by atoms with E-state index in [0.717, 1.165) is 22.2 Å². The maximum atomic E-state index is 13.7. The van der Waals surface area contributed by atoms with Gasteiger partial charge in [0.2, 0.25) is 0 Å². The van der Waals surface area contributed by atoms with E-state index >= 15 is 0 Å². The van der Waals surface area contributed by atoms with Gasteiger partial charge >= 0.3 is 0 Å². The summed E-state index contributed by atoms with van der Waals surface area (Å²) in [6.07, 6.45) is 4.25. The summed E-state index contributed by atoms with van der Waals surface area (Å²) in [7, 11) is 0. The Balaban J connectivity index is 1.67. The van der Waals surface area contributed by atoms with Crippen molar-refractivity contribution in [2.75, 3.05) is 11.4 Å². The van der Waals surface area contributed by atoms with E-state index in [9.17, 15) is 9.59 Å². The Morgan fingerprint density at radius 1 is 0.861 bits per heavy atom. The van der Waals surface area contributed by atoms with Crippen molar-refractivity contribution >= 4 is 75.0 Å².